The van der Waals surface area contributed by atoms with Gasteiger partial charge in [-0.05, 0) is 30.6 Å². The molecule has 0 saturated carbocycles. The zero-order chi connectivity index (χ0) is 14.4. The molecule has 2 rings (SSSR count). The summed E-state index contributed by atoms with van der Waals surface area (Å²) >= 11 is 1.36. The second kappa shape index (κ2) is 6.89. The Morgan fingerprint density at radius 3 is 3.10 bits per heavy atom. The summed E-state index contributed by atoms with van der Waals surface area (Å²) in [6.07, 6.45) is 2.01. The molecule has 1 N–H and O–H groups in total. The van der Waals surface area contributed by atoms with Crippen LogP contribution in [0.1, 0.15) is 17.7 Å². The van der Waals surface area contributed by atoms with E-state index in [9.17, 15) is 4.79 Å². The highest BCUT2D eigenvalue weighted by Crippen LogP contribution is 2.22. The molecule has 2 aromatic heterocycles. The number of nitrogens with one attached hydrogen (secondary N) is 1. The fourth-order valence-corrected chi connectivity index (χ4v) is 2.48. The molecule has 104 valence electrons. The van der Waals surface area contributed by atoms with Crippen LogP contribution < -0.4 is 5.32 Å². The Morgan fingerprint density at radius 1 is 1.55 bits per heavy atom. The lowest BCUT2D eigenvalue weighted by molar-refractivity contribution is -0.116. The van der Waals surface area contributed by atoms with E-state index in [1.165, 1.54) is 11.3 Å². The maximum absolute atomic E-state index is 11.8. The van der Waals surface area contributed by atoms with E-state index in [0.717, 1.165) is 5.76 Å². The lowest BCUT2D eigenvalue weighted by Crippen LogP contribution is -2.23. The van der Waals surface area contributed by atoms with Crippen LogP contribution in [0.2, 0.25) is 0 Å². The van der Waals surface area contributed by atoms with Crippen molar-refractivity contribution in [2.45, 2.75) is 13.0 Å². The molecule has 0 aliphatic rings. The standard InChI is InChI=1S/C14H15N3O2S/c1-17(10-12-3-2-7-19-12)6-4-13(18)16-14-11(9-15)5-8-20-14/h2-3,5,7-8H,4,6,10H2,1H3,(H,16,18). The predicted octanol–water partition coefficient (Wildman–Crippen LogP) is 2.67. The van der Waals surface area contributed by atoms with Crippen LogP contribution in [0.4, 0.5) is 5.00 Å². The minimum absolute atomic E-state index is 0.0877. The number of carbonyl (C=O) groups is 1. The van der Waals surface area contributed by atoms with Gasteiger partial charge in [-0.15, -0.1) is 11.3 Å². The van der Waals surface area contributed by atoms with Crippen molar-refractivity contribution >= 4 is 22.2 Å². The Labute approximate surface area is 121 Å². The summed E-state index contributed by atoms with van der Waals surface area (Å²) in [7, 11) is 1.93. The third-order valence-electron chi connectivity index (χ3n) is 2.77. The Bertz CT molecular complexity index is 598. The van der Waals surface area contributed by atoms with E-state index in [1.807, 2.05) is 30.1 Å². The molecular formula is C14H15N3O2S. The summed E-state index contributed by atoms with van der Waals surface area (Å²) < 4.78 is 5.25. The van der Waals surface area contributed by atoms with Gasteiger partial charge in [-0.1, -0.05) is 0 Å². The SMILES string of the molecule is CN(CCC(=O)Nc1sccc1C#N)Cc1ccco1. The molecule has 0 bridgehead atoms. The molecule has 0 aromatic carbocycles. The molecule has 0 saturated heterocycles. The molecule has 20 heavy (non-hydrogen) atoms. The maximum Gasteiger partial charge on any atom is 0.226 e. The van der Waals surface area contributed by atoms with Crippen molar-refractivity contribution in [1.82, 2.24) is 4.90 Å². The van der Waals surface area contributed by atoms with E-state index >= 15 is 0 Å². The topological polar surface area (TPSA) is 69.3 Å². The number of hydrogen-bond donors (Lipinski definition) is 1. The average molecular weight is 289 g/mol. The molecule has 0 aliphatic heterocycles. The Morgan fingerprint density at radius 2 is 2.40 bits per heavy atom. The van der Waals surface area contributed by atoms with Gasteiger partial charge < -0.3 is 9.73 Å². The lowest BCUT2D eigenvalue weighted by Gasteiger charge is -2.14. The largest absolute Gasteiger partial charge is 0.468 e. The van der Waals surface area contributed by atoms with Gasteiger partial charge in [-0.25, -0.2) is 0 Å². The van der Waals surface area contributed by atoms with Crippen LogP contribution in [0.25, 0.3) is 0 Å². The average Bonchev–Trinajstić information content (AvgIpc) is 3.07. The molecule has 2 heterocycles. The molecule has 0 radical (unpaired) electrons. The van der Waals surface area contributed by atoms with Gasteiger partial charge in [0, 0.05) is 13.0 Å². The van der Waals surface area contributed by atoms with Crippen LogP contribution in [0.15, 0.2) is 34.3 Å². The van der Waals surface area contributed by atoms with Crippen molar-refractivity contribution in [2.75, 3.05) is 18.9 Å². The van der Waals surface area contributed by atoms with Gasteiger partial charge in [-0.2, -0.15) is 5.26 Å². The van der Waals surface area contributed by atoms with Gasteiger partial charge >= 0.3 is 0 Å². The van der Waals surface area contributed by atoms with Crippen molar-refractivity contribution in [3.8, 4) is 6.07 Å². The molecule has 5 nitrogen and oxygen atoms in total. The number of anilines is 1. The monoisotopic (exact) mass is 289 g/mol. The number of nitrogens with zero attached hydrogens (tertiary/aromatic N) is 2. The molecule has 1 amide bonds. The third-order valence-corrected chi connectivity index (χ3v) is 3.59. The van der Waals surface area contributed by atoms with Gasteiger partial charge in [0.15, 0.2) is 0 Å². The minimum atomic E-state index is -0.0877. The van der Waals surface area contributed by atoms with Crippen molar-refractivity contribution in [1.29, 1.82) is 5.26 Å². The second-order valence-electron chi connectivity index (χ2n) is 4.39. The Kier molecular flexibility index (Phi) is 4.93. The smallest absolute Gasteiger partial charge is 0.226 e. The maximum atomic E-state index is 11.8. The molecule has 0 atom stereocenters. The summed E-state index contributed by atoms with van der Waals surface area (Å²) in [6.45, 7) is 1.29. The van der Waals surface area contributed by atoms with E-state index in [-0.39, 0.29) is 5.91 Å². The van der Waals surface area contributed by atoms with Crippen molar-refractivity contribution in [3.63, 3.8) is 0 Å². The molecule has 0 spiro atoms. The number of thiophene rings is 1. The summed E-state index contributed by atoms with van der Waals surface area (Å²) in [5.41, 5.74) is 0.507. The summed E-state index contributed by atoms with van der Waals surface area (Å²) in [6, 6.07) is 7.49. The Hall–Kier alpha value is -2.10. The normalized spacial score (nSPS) is 10.4. The van der Waals surface area contributed by atoms with Gasteiger partial charge in [0.2, 0.25) is 5.91 Å². The number of rotatable bonds is 6. The van der Waals surface area contributed by atoms with Crippen LogP contribution >= 0.6 is 11.3 Å². The highest BCUT2D eigenvalue weighted by atomic mass is 32.1. The van der Waals surface area contributed by atoms with Crippen LogP contribution in [-0.4, -0.2) is 24.4 Å². The molecule has 0 fully saturated rings. The first kappa shape index (κ1) is 14.3. The highest BCUT2D eigenvalue weighted by Gasteiger charge is 2.10. The first-order valence-corrected chi connectivity index (χ1v) is 7.05. The fourth-order valence-electron chi connectivity index (χ4n) is 1.72. The minimum Gasteiger partial charge on any atom is -0.468 e. The van der Waals surface area contributed by atoms with E-state index in [1.54, 1.807) is 17.7 Å². The zero-order valence-corrected chi connectivity index (χ0v) is 11.9. The molecule has 2 aromatic rings. The molecular weight excluding hydrogens is 274 g/mol. The molecule has 6 heteroatoms. The Balaban J connectivity index is 1.76. The van der Waals surface area contributed by atoms with E-state index < -0.39 is 0 Å². The number of furan rings is 1. The molecule has 0 unspecified atom stereocenters. The summed E-state index contributed by atoms with van der Waals surface area (Å²) in [5, 5.41) is 14.0. The summed E-state index contributed by atoms with van der Waals surface area (Å²) in [4.78, 5) is 13.8. The number of carbonyl (C=O) groups excluding carboxylic acids is 1. The first-order chi connectivity index (χ1) is 9.69. The van der Waals surface area contributed by atoms with E-state index in [2.05, 4.69) is 5.32 Å². The van der Waals surface area contributed by atoms with Crippen LogP contribution in [0.3, 0.4) is 0 Å². The highest BCUT2D eigenvalue weighted by molar-refractivity contribution is 7.14. The number of amides is 1. The third kappa shape index (κ3) is 3.95. The second-order valence-corrected chi connectivity index (χ2v) is 5.31. The predicted molar refractivity (Wildman–Crippen MR) is 77.3 cm³/mol. The van der Waals surface area contributed by atoms with Crippen LogP contribution in [0.5, 0.6) is 0 Å². The van der Waals surface area contributed by atoms with Gasteiger partial charge in [0.1, 0.15) is 16.8 Å². The van der Waals surface area contributed by atoms with Crippen molar-refractivity contribution < 1.29 is 9.21 Å². The van der Waals surface area contributed by atoms with Crippen LogP contribution in [0, 0.1) is 11.3 Å². The quantitative estimate of drug-likeness (QED) is 0.887. The zero-order valence-electron chi connectivity index (χ0n) is 11.1. The van der Waals surface area contributed by atoms with E-state index in [4.69, 9.17) is 9.68 Å². The van der Waals surface area contributed by atoms with Gasteiger partial charge in [-0.3, -0.25) is 9.69 Å². The summed E-state index contributed by atoms with van der Waals surface area (Å²) in [5.74, 6) is 0.785. The van der Waals surface area contributed by atoms with Crippen molar-refractivity contribution in [2.24, 2.45) is 0 Å². The van der Waals surface area contributed by atoms with Crippen LogP contribution in [-0.2, 0) is 11.3 Å². The van der Waals surface area contributed by atoms with Gasteiger partial charge in [0.05, 0.1) is 18.4 Å². The van der Waals surface area contributed by atoms with Crippen molar-refractivity contribution in [3.05, 3.63) is 41.2 Å². The number of nitriles is 1. The van der Waals surface area contributed by atoms with Gasteiger partial charge in [0.25, 0.3) is 0 Å². The molecule has 0 aliphatic carbocycles. The number of hydrogen-bond acceptors (Lipinski definition) is 5. The fraction of sp³-hybridized carbons (Fsp3) is 0.286. The van der Waals surface area contributed by atoms with E-state index in [0.29, 0.717) is 30.1 Å². The first-order valence-electron chi connectivity index (χ1n) is 6.17. The lowest BCUT2D eigenvalue weighted by atomic mass is 10.3.